The van der Waals surface area contributed by atoms with Crippen molar-refractivity contribution in [2.24, 2.45) is 0 Å². The van der Waals surface area contributed by atoms with Gasteiger partial charge in [0, 0.05) is 5.69 Å². The Morgan fingerprint density at radius 1 is 1.16 bits per heavy atom. The number of hydrogen-bond donors (Lipinski definition) is 2. The first-order chi connectivity index (χ1) is 9.02. The van der Waals surface area contributed by atoms with Crippen LogP contribution in [0.3, 0.4) is 0 Å². The van der Waals surface area contributed by atoms with Crippen molar-refractivity contribution in [3.63, 3.8) is 0 Å². The summed E-state index contributed by atoms with van der Waals surface area (Å²) in [5, 5.41) is 12.4. The molecule has 0 aliphatic heterocycles. The second-order valence-corrected chi connectivity index (χ2v) is 4.43. The van der Waals surface area contributed by atoms with Crippen molar-refractivity contribution in [2.45, 2.75) is 12.5 Å². The molecule has 2 rings (SSSR count). The number of halogens is 1. The van der Waals surface area contributed by atoms with Gasteiger partial charge in [0.2, 0.25) is 0 Å². The lowest BCUT2D eigenvalue weighted by molar-refractivity contribution is -0.142. The van der Waals surface area contributed by atoms with Crippen LogP contribution >= 0.6 is 0 Å². The average Bonchev–Trinajstić information content (AvgIpc) is 2.39. The Bertz CT molecular complexity index is 586. The molecule has 0 amide bonds. The van der Waals surface area contributed by atoms with Crippen LogP contribution in [0.15, 0.2) is 54.6 Å². The van der Waals surface area contributed by atoms with Crippen LogP contribution in [0.4, 0.5) is 10.1 Å². The number of benzene rings is 2. The normalized spacial score (nSPS) is 13.6. The van der Waals surface area contributed by atoms with Crippen LogP contribution < -0.4 is 5.32 Å². The molecule has 4 heteroatoms. The highest BCUT2D eigenvalue weighted by atomic mass is 19.1. The van der Waals surface area contributed by atoms with E-state index in [1.807, 2.05) is 6.07 Å². The van der Waals surface area contributed by atoms with Gasteiger partial charge in [-0.2, -0.15) is 0 Å². The van der Waals surface area contributed by atoms with E-state index in [0.29, 0.717) is 11.3 Å². The zero-order valence-electron chi connectivity index (χ0n) is 10.4. The molecule has 0 aliphatic rings. The van der Waals surface area contributed by atoms with E-state index in [9.17, 15) is 14.3 Å². The Morgan fingerprint density at radius 3 is 2.42 bits per heavy atom. The van der Waals surface area contributed by atoms with Gasteiger partial charge in [-0.1, -0.05) is 30.3 Å². The van der Waals surface area contributed by atoms with Crippen molar-refractivity contribution in [3.8, 4) is 0 Å². The summed E-state index contributed by atoms with van der Waals surface area (Å²) in [4.78, 5) is 11.6. The smallest absolute Gasteiger partial charge is 0.333 e. The Hall–Kier alpha value is -2.36. The third-order valence-electron chi connectivity index (χ3n) is 3.00. The van der Waals surface area contributed by atoms with Gasteiger partial charge in [-0.15, -0.1) is 0 Å². The molecule has 0 spiro atoms. The van der Waals surface area contributed by atoms with Crippen molar-refractivity contribution in [2.75, 3.05) is 5.32 Å². The number of carbonyl (C=O) groups is 1. The van der Waals surface area contributed by atoms with Crippen LogP contribution in [0.5, 0.6) is 0 Å². The van der Waals surface area contributed by atoms with Crippen LogP contribution in [-0.2, 0) is 10.3 Å². The lowest BCUT2D eigenvalue weighted by Crippen LogP contribution is -2.40. The molecule has 0 bridgehead atoms. The fourth-order valence-corrected chi connectivity index (χ4v) is 1.86. The van der Waals surface area contributed by atoms with Gasteiger partial charge in [-0.25, -0.2) is 9.18 Å². The molecular formula is C15H14FNO2. The zero-order chi connectivity index (χ0) is 13.9. The molecule has 0 heterocycles. The van der Waals surface area contributed by atoms with E-state index in [2.05, 4.69) is 5.32 Å². The van der Waals surface area contributed by atoms with Gasteiger partial charge in [-0.05, 0) is 36.8 Å². The number of carboxylic acids is 1. The standard InChI is InChI=1S/C15H14FNO2/c1-15(14(18)19,11-6-5-7-12(16)10-11)17-13-8-3-2-4-9-13/h2-10,17H,1H3,(H,18,19). The Morgan fingerprint density at radius 2 is 1.84 bits per heavy atom. The van der Waals surface area contributed by atoms with Gasteiger partial charge in [0.25, 0.3) is 0 Å². The molecule has 0 aromatic heterocycles. The second-order valence-electron chi connectivity index (χ2n) is 4.43. The number of carboxylic acid groups (broad SMARTS) is 1. The lowest BCUT2D eigenvalue weighted by atomic mass is 9.91. The largest absolute Gasteiger partial charge is 0.479 e. The van der Waals surface area contributed by atoms with Gasteiger partial charge >= 0.3 is 5.97 Å². The molecule has 2 aromatic rings. The number of rotatable bonds is 4. The van der Waals surface area contributed by atoms with Crippen molar-refractivity contribution in [3.05, 3.63) is 66.0 Å². The molecule has 1 atom stereocenters. The SMILES string of the molecule is CC(Nc1ccccc1)(C(=O)O)c1cccc(F)c1. The molecule has 0 fully saturated rings. The minimum atomic E-state index is -1.39. The first kappa shape index (κ1) is 13.1. The van der Waals surface area contributed by atoms with E-state index in [1.165, 1.54) is 25.1 Å². The van der Waals surface area contributed by atoms with Gasteiger partial charge in [0.1, 0.15) is 5.82 Å². The first-order valence-electron chi connectivity index (χ1n) is 5.85. The van der Waals surface area contributed by atoms with Crippen LogP contribution in [0, 0.1) is 5.82 Å². The average molecular weight is 259 g/mol. The Labute approximate surface area is 110 Å². The summed E-state index contributed by atoms with van der Waals surface area (Å²) < 4.78 is 13.3. The number of nitrogens with one attached hydrogen (secondary N) is 1. The fraction of sp³-hybridized carbons (Fsp3) is 0.133. The Balaban J connectivity index is 2.41. The molecule has 3 nitrogen and oxygen atoms in total. The number of anilines is 1. The summed E-state index contributed by atoms with van der Waals surface area (Å²) in [5.74, 6) is -1.53. The molecule has 2 N–H and O–H groups in total. The minimum Gasteiger partial charge on any atom is -0.479 e. The number of hydrogen-bond acceptors (Lipinski definition) is 2. The lowest BCUT2D eigenvalue weighted by Gasteiger charge is -2.28. The van der Waals surface area contributed by atoms with E-state index in [4.69, 9.17) is 0 Å². The molecule has 19 heavy (non-hydrogen) atoms. The van der Waals surface area contributed by atoms with Gasteiger partial charge in [0.15, 0.2) is 5.54 Å². The van der Waals surface area contributed by atoms with Crippen LogP contribution in [0.25, 0.3) is 0 Å². The zero-order valence-corrected chi connectivity index (χ0v) is 10.4. The summed E-state index contributed by atoms with van der Waals surface area (Å²) in [6.45, 7) is 1.51. The van der Waals surface area contributed by atoms with Crippen LogP contribution in [0.1, 0.15) is 12.5 Å². The molecular weight excluding hydrogens is 245 g/mol. The van der Waals surface area contributed by atoms with Crippen LogP contribution in [-0.4, -0.2) is 11.1 Å². The molecule has 2 aromatic carbocycles. The summed E-state index contributed by atoms with van der Waals surface area (Å²) in [6.07, 6.45) is 0. The second kappa shape index (κ2) is 5.10. The van der Waals surface area contributed by atoms with Crippen molar-refractivity contribution in [1.82, 2.24) is 0 Å². The highest BCUT2D eigenvalue weighted by molar-refractivity contribution is 5.84. The molecule has 1 unspecified atom stereocenters. The maximum Gasteiger partial charge on any atom is 0.333 e. The summed E-state index contributed by atoms with van der Waals surface area (Å²) in [7, 11) is 0. The molecule has 0 saturated heterocycles. The summed E-state index contributed by atoms with van der Waals surface area (Å²) in [5.41, 5.74) is -0.357. The summed E-state index contributed by atoms with van der Waals surface area (Å²) in [6, 6.07) is 14.6. The van der Waals surface area contributed by atoms with E-state index in [-0.39, 0.29) is 0 Å². The quantitative estimate of drug-likeness (QED) is 0.886. The molecule has 0 radical (unpaired) electrons. The predicted octanol–water partition coefficient (Wildman–Crippen LogP) is 3.24. The van der Waals surface area contributed by atoms with E-state index in [0.717, 1.165) is 0 Å². The van der Waals surface area contributed by atoms with Crippen molar-refractivity contribution < 1.29 is 14.3 Å². The van der Waals surface area contributed by atoms with Gasteiger partial charge < -0.3 is 10.4 Å². The fourth-order valence-electron chi connectivity index (χ4n) is 1.86. The van der Waals surface area contributed by atoms with E-state index in [1.54, 1.807) is 30.3 Å². The predicted molar refractivity (Wildman–Crippen MR) is 71.5 cm³/mol. The molecule has 98 valence electrons. The minimum absolute atomic E-state index is 0.365. The first-order valence-corrected chi connectivity index (χ1v) is 5.85. The Kier molecular flexibility index (Phi) is 3.51. The topological polar surface area (TPSA) is 49.3 Å². The molecule has 0 saturated carbocycles. The summed E-state index contributed by atoms with van der Waals surface area (Å²) >= 11 is 0. The number of aliphatic carboxylic acids is 1. The highest BCUT2D eigenvalue weighted by Crippen LogP contribution is 2.27. The van der Waals surface area contributed by atoms with Gasteiger partial charge in [0.05, 0.1) is 0 Å². The maximum atomic E-state index is 13.3. The molecule has 0 aliphatic carbocycles. The maximum absolute atomic E-state index is 13.3. The number of para-hydroxylation sites is 1. The third kappa shape index (κ3) is 2.73. The van der Waals surface area contributed by atoms with E-state index < -0.39 is 17.3 Å². The highest BCUT2D eigenvalue weighted by Gasteiger charge is 2.35. The van der Waals surface area contributed by atoms with Gasteiger partial charge in [-0.3, -0.25) is 0 Å². The van der Waals surface area contributed by atoms with Crippen LogP contribution in [0.2, 0.25) is 0 Å². The third-order valence-corrected chi connectivity index (χ3v) is 3.00. The van der Waals surface area contributed by atoms with Crippen molar-refractivity contribution in [1.29, 1.82) is 0 Å². The monoisotopic (exact) mass is 259 g/mol. The van der Waals surface area contributed by atoms with E-state index >= 15 is 0 Å². The van der Waals surface area contributed by atoms with Crippen molar-refractivity contribution >= 4 is 11.7 Å².